The van der Waals surface area contributed by atoms with Crippen LogP contribution in [0.15, 0.2) is 48.0 Å². The quantitative estimate of drug-likeness (QED) is 0.0289. The number of aliphatic carboxylic acids is 1. The van der Waals surface area contributed by atoms with Gasteiger partial charge in [-0.1, -0.05) is 32.9 Å². The predicted molar refractivity (Wildman–Crippen MR) is 333 cm³/mol. The van der Waals surface area contributed by atoms with Gasteiger partial charge in [0.1, 0.15) is 49.6 Å². The molecule has 95 heavy (non-hydrogen) atoms. The Morgan fingerprint density at radius 2 is 1.60 bits per heavy atom. The van der Waals surface area contributed by atoms with Gasteiger partial charge in [0.2, 0.25) is 23.7 Å². The summed E-state index contributed by atoms with van der Waals surface area (Å²) in [6.45, 7) is -6.28. The van der Waals surface area contributed by atoms with Gasteiger partial charge in [-0.2, -0.15) is 4.98 Å². The Morgan fingerprint density at radius 3 is 2.32 bits per heavy atom. The maximum atomic E-state index is 16.3. The van der Waals surface area contributed by atoms with E-state index >= 15 is 4.39 Å². The molecule has 7 amide bonds. The fourth-order valence-electron chi connectivity index (χ4n) is 10.6. The van der Waals surface area contributed by atoms with Gasteiger partial charge in [0, 0.05) is 51.0 Å². The lowest BCUT2D eigenvalue weighted by Gasteiger charge is -2.33. The molecular weight excluding hydrogens is 1340 g/mol. The number of carboxylic acids is 1. The SMILES string of the molecule is CC(CC(=O)NCCC(=O)N[C@H](C(=O)C[C@@H](CCCNC(N)=O)C(=O)Nc1ccc(COC(=O)N(C)CCOC(=O)Nc2ncnc3c2ncn3[C@@H]2O[C@@]34CO[C@@H]2[C@@H]3OP(O)(=S)OC[C@H]2O[C@@H](n3cnc5c(=O)[nH]c(N)nc53)[C@H](OP(O)(=S)OC4)[C@@H]2F)cc1)C(C)C)C(=O)O. The summed E-state index contributed by atoms with van der Waals surface area (Å²) >= 11 is 10.8. The van der Waals surface area contributed by atoms with Crippen LogP contribution in [0.5, 0.6) is 0 Å². The summed E-state index contributed by atoms with van der Waals surface area (Å²) in [5.74, 6) is -5.83. The first-order valence-electron chi connectivity index (χ1n) is 29.4. The highest BCUT2D eigenvalue weighted by Crippen LogP contribution is 2.59. The number of Topliss-reactive ketones (excluding diaryl/α,β-unsaturated/α-hetero) is 1. The molecule has 4 aliphatic rings. The van der Waals surface area contributed by atoms with Crippen molar-refractivity contribution in [3.8, 4) is 0 Å². The van der Waals surface area contributed by atoms with Crippen LogP contribution >= 0.6 is 13.4 Å². The number of imidazole rings is 2. The van der Waals surface area contributed by atoms with Crippen LogP contribution in [-0.2, 0) is 96.0 Å². The summed E-state index contributed by atoms with van der Waals surface area (Å²) in [7, 11) is 1.41. The number of H-pyrrole nitrogens is 1. The van der Waals surface area contributed by atoms with Gasteiger partial charge in [-0.3, -0.25) is 57.2 Å². The molecule has 0 aliphatic carbocycles. The van der Waals surface area contributed by atoms with Crippen molar-refractivity contribution in [2.75, 3.05) is 69.5 Å². The summed E-state index contributed by atoms with van der Waals surface area (Å²) in [4.78, 5) is 161. The van der Waals surface area contributed by atoms with Crippen molar-refractivity contribution in [2.24, 2.45) is 23.5 Å². The van der Waals surface area contributed by atoms with Crippen molar-refractivity contribution in [3.05, 3.63) is 59.2 Å². The summed E-state index contributed by atoms with van der Waals surface area (Å²) in [5.41, 5.74) is 9.27. The van der Waals surface area contributed by atoms with Gasteiger partial charge in [-0.15, -0.1) is 0 Å². The number of alkyl halides is 1. The van der Waals surface area contributed by atoms with Gasteiger partial charge in [-0.25, -0.2) is 38.7 Å². The van der Waals surface area contributed by atoms with Crippen LogP contribution in [0.1, 0.15) is 70.9 Å². The van der Waals surface area contributed by atoms with E-state index in [1.54, 1.807) is 38.1 Å². The molecule has 4 aliphatic heterocycles. The van der Waals surface area contributed by atoms with Gasteiger partial charge < -0.3 is 85.3 Å². The third-order valence-electron chi connectivity index (χ3n) is 15.5. The molecule has 3 unspecified atom stereocenters. The number of nitrogens with zero attached hydrogens (tertiary/aromatic N) is 8. The number of aromatic amines is 1. The number of likely N-dealkylation sites (N-methyl/N-ethyl adjacent to an activating group) is 1. The molecule has 1 aromatic carbocycles. The standard InChI is InChI=1S/C53H69FN16O21P2S2/c1-25(2)35(64-32(72)11-13-57-33(73)16-26(3)48(76)77)30(71)17-28(6-5-12-58-50(56)78)44(74)63-29-9-7-27(8-10-29)18-84-52(80)68(4)14-15-83-51(79)65-41-36-42(60-22-59-41)69(23-61-36)47-39-40-53(89-47,20-85-39)21-87-93(82,95)90-38-34(54)31(19-86-92(81,94)91-40)88-46(38)70-24-62-37-43(70)66-49(55)67-45(37)75/h7-10,22-26,28,31,34-35,38-40,46-47H,5-6,11-21H2,1-4H3,(H,57,73)(H,63,74)(H,64,72)(H,76,77)(H,81,94)(H,82,95)(H3,56,58,78)(H3,55,66,67,75)(H,59,60,65,79)/t26?,28-,31-,34-,35+,38-,39-,40+,46-,47-,53-,92?,93?/m1/s1. The average molecular weight is 1410 g/mol. The van der Waals surface area contributed by atoms with Crippen molar-refractivity contribution >= 4 is 125 Å². The summed E-state index contributed by atoms with van der Waals surface area (Å²) in [6, 6.07) is 4.52. The van der Waals surface area contributed by atoms with E-state index in [4.69, 9.17) is 82.0 Å². The molecule has 5 aromatic rings. The van der Waals surface area contributed by atoms with Crippen LogP contribution in [0.4, 0.5) is 36.2 Å². The largest absolute Gasteiger partial charge is 0.481 e. The van der Waals surface area contributed by atoms with Crippen LogP contribution in [-0.4, -0.2) is 202 Å². The zero-order valence-electron chi connectivity index (χ0n) is 51.1. The number of hydrogen-bond donors (Lipinski definition) is 11. The number of carbonyl (C=O) groups excluding carboxylic acids is 7. The molecule has 13 atom stereocenters. The second kappa shape index (κ2) is 30.5. The van der Waals surface area contributed by atoms with Crippen LogP contribution in [0.2, 0.25) is 0 Å². The van der Waals surface area contributed by atoms with Crippen LogP contribution in [0.25, 0.3) is 22.3 Å². The summed E-state index contributed by atoms with van der Waals surface area (Å²) in [6.07, 6.45) is -9.07. The molecule has 8 heterocycles. The van der Waals surface area contributed by atoms with E-state index in [0.29, 0.717) is 11.3 Å². The van der Waals surface area contributed by atoms with Crippen molar-refractivity contribution in [3.63, 3.8) is 0 Å². The number of hydrogen-bond acceptors (Lipinski definition) is 26. The van der Waals surface area contributed by atoms with Gasteiger partial charge >= 0.3 is 37.6 Å². The Kier molecular flexibility index (Phi) is 22.9. The van der Waals surface area contributed by atoms with Gasteiger partial charge in [0.05, 0.1) is 51.0 Å². The highest BCUT2D eigenvalue weighted by molar-refractivity contribution is 8.07. The maximum Gasteiger partial charge on any atom is 0.412 e. The number of nitrogens with two attached hydrogens (primary N) is 2. The first-order chi connectivity index (χ1) is 45.0. The fraction of sp³-hybridized carbons (Fsp3) is 0.547. The second-order valence-electron chi connectivity index (χ2n) is 22.8. The van der Waals surface area contributed by atoms with E-state index in [2.05, 4.69) is 56.5 Å². The Balaban J connectivity index is 0.751. The third-order valence-corrected chi connectivity index (χ3v) is 18.6. The molecule has 37 nitrogen and oxygen atoms in total. The van der Waals surface area contributed by atoms with Crippen LogP contribution in [0.3, 0.4) is 0 Å². The normalized spacial score (nSPS) is 25.8. The molecule has 0 radical (unpaired) electrons. The number of ether oxygens (including phenoxy) is 5. The third kappa shape index (κ3) is 17.6. The molecule has 4 aromatic heterocycles. The summed E-state index contributed by atoms with van der Waals surface area (Å²) in [5, 5.41) is 21.9. The molecular formula is C53H69FN16O21P2S2. The zero-order valence-corrected chi connectivity index (χ0v) is 54.5. The minimum atomic E-state index is -4.48. The minimum Gasteiger partial charge on any atom is -0.481 e. The molecule has 516 valence electrons. The van der Waals surface area contributed by atoms with Gasteiger partial charge in [-0.05, 0) is 60.1 Å². The Morgan fingerprint density at radius 1 is 0.884 bits per heavy atom. The number of urea groups is 1. The molecule has 4 bridgehead atoms. The van der Waals surface area contributed by atoms with Crippen molar-refractivity contribution in [1.29, 1.82) is 0 Å². The Labute approximate surface area is 548 Å². The van der Waals surface area contributed by atoms with E-state index in [-0.39, 0.29) is 106 Å². The minimum absolute atomic E-state index is 0.0415. The van der Waals surface area contributed by atoms with E-state index in [0.717, 1.165) is 22.1 Å². The molecule has 0 saturated carbocycles. The predicted octanol–water partition coefficient (Wildman–Crippen LogP) is 1.23. The number of halogens is 1. The number of carboxylic acid groups (broad SMARTS) is 1. The number of nitrogens with one attached hydrogen (secondary N) is 6. The second-order valence-corrected chi connectivity index (χ2v) is 28.4. The number of carbonyl (C=O) groups is 8. The molecule has 9 rings (SSSR count). The average Bonchev–Trinajstić information content (AvgIpc) is 1.57. The molecule has 4 fully saturated rings. The van der Waals surface area contributed by atoms with E-state index < -0.39 is 152 Å². The Hall–Kier alpha value is -7.85. The van der Waals surface area contributed by atoms with Crippen LogP contribution in [0, 0.1) is 17.8 Å². The molecule has 42 heteroatoms. The topological polar surface area (TPSA) is 503 Å². The lowest BCUT2D eigenvalue weighted by Crippen LogP contribution is -2.46. The number of fused-ring (bicyclic) bond motifs is 4. The number of ketones is 1. The number of amides is 7. The smallest absolute Gasteiger partial charge is 0.412 e. The van der Waals surface area contributed by atoms with Gasteiger partial charge in [0.15, 0.2) is 52.6 Å². The monoisotopic (exact) mass is 1410 g/mol. The fourth-order valence-corrected chi connectivity index (χ4v) is 13.5. The van der Waals surface area contributed by atoms with Crippen molar-refractivity contribution < 1.29 is 99.4 Å². The van der Waals surface area contributed by atoms with E-state index in [9.17, 15) is 52.9 Å². The molecule has 0 spiro atoms. The number of nitrogen functional groups attached to an aromatic ring is 1. The van der Waals surface area contributed by atoms with Crippen molar-refractivity contribution in [2.45, 2.75) is 114 Å². The van der Waals surface area contributed by atoms with Crippen LogP contribution < -0.4 is 43.6 Å². The number of primary amides is 1. The van der Waals surface area contributed by atoms with Gasteiger partial charge in [0.25, 0.3) is 5.56 Å². The number of anilines is 3. The number of benzene rings is 1. The zero-order chi connectivity index (χ0) is 68.7. The first kappa shape index (κ1) is 71.4. The molecule has 13 N–H and O–H groups in total. The number of rotatable bonds is 25. The Bertz CT molecular complexity index is 3870. The maximum absolute atomic E-state index is 16.3. The highest BCUT2D eigenvalue weighted by Gasteiger charge is 2.65. The summed E-state index contributed by atoms with van der Waals surface area (Å²) < 4.78 is 71.6. The first-order valence-corrected chi connectivity index (χ1v) is 34.6. The number of aromatic nitrogens is 8. The van der Waals surface area contributed by atoms with E-state index in [1.165, 1.54) is 24.9 Å². The van der Waals surface area contributed by atoms with E-state index in [1.807, 2.05) is 0 Å². The lowest BCUT2D eigenvalue weighted by molar-refractivity contribution is -0.183. The highest BCUT2D eigenvalue weighted by atomic mass is 32.5. The lowest BCUT2D eigenvalue weighted by atomic mass is 9.89. The molecule has 4 saturated heterocycles. The van der Waals surface area contributed by atoms with Crippen molar-refractivity contribution in [1.82, 2.24) is 59.9 Å².